The molecule has 2 rings (SSSR count). The molecule has 0 bridgehead atoms. The molecule has 1 aromatic rings. The minimum atomic E-state index is -3.39. The first-order valence-electron chi connectivity index (χ1n) is 7.92. The summed E-state index contributed by atoms with van der Waals surface area (Å²) in [6.07, 6.45) is 5.71. The Morgan fingerprint density at radius 1 is 1.36 bits per heavy atom. The van der Waals surface area contributed by atoms with Crippen molar-refractivity contribution in [1.82, 2.24) is 4.90 Å². The van der Waals surface area contributed by atoms with E-state index in [0.29, 0.717) is 6.54 Å². The predicted molar refractivity (Wildman–Crippen MR) is 85.3 cm³/mol. The average Bonchev–Trinajstić information content (AvgIpc) is 2.81. The average molecular weight is 327 g/mol. The lowest BCUT2D eigenvalue weighted by atomic mass is 10.1. The normalized spacial score (nSPS) is 21.4. The Morgan fingerprint density at radius 2 is 2.09 bits per heavy atom. The van der Waals surface area contributed by atoms with Gasteiger partial charge in [-0.3, -0.25) is 4.79 Å². The summed E-state index contributed by atoms with van der Waals surface area (Å²) >= 11 is 0. The van der Waals surface area contributed by atoms with Crippen molar-refractivity contribution in [2.45, 2.75) is 57.2 Å². The number of sulfone groups is 1. The maximum absolute atomic E-state index is 12.7. The molecule has 2 heterocycles. The van der Waals surface area contributed by atoms with Crippen LogP contribution in [0.3, 0.4) is 0 Å². The molecule has 1 aromatic heterocycles. The zero-order valence-electron chi connectivity index (χ0n) is 13.5. The highest BCUT2D eigenvalue weighted by Crippen LogP contribution is 2.32. The van der Waals surface area contributed by atoms with Crippen molar-refractivity contribution < 1.29 is 17.6 Å². The molecule has 5 nitrogen and oxygen atoms in total. The first-order valence-corrected chi connectivity index (χ1v) is 9.88. The van der Waals surface area contributed by atoms with Gasteiger partial charge in [0, 0.05) is 19.2 Å². The van der Waals surface area contributed by atoms with Crippen LogP contribution in [0.15, 0.2) is 16.5 Å². The standard InChI is InChI=1S/C16H25NO4S/c1-4-13-9-10-15(21-13)14-8-6-5-7-11-17(14)16(18)12(2)22(3,19)20/h9-10,12,14H,4-8,11H2,1-3H3/t12-,14+/m1/s1. The van der Waals surface area contributed by atoms with Crippen molar-refractivity contribution in [3.05, 3.63) is 23.7 Å². The molecule has 0 N–H and O–H groups in total. The van der Waals surface area contributed by atoms with Gasteiger partial charge in [-0.05, 0) is 31.9 Å². The summed E-state index contributed by atoms with van der Waals surface area (Å²) in [5, 5.41) is -1.01. The molecule has 0 aromatic carbocycles. The Kier molecular flexibility index (Phi) is 5.32. The van der Waals surface area contributed by atoms with Crippen LogP contribution in [-0.2, 0) is 21.1 Å². The number of rotatable bonds is 4. The highest BCUT2D eigenvalue weighted by Gasteiger charge is 2.35. The number of aryl methyl sites for hydroxylation is 1. The molecule has 1 saturated heterocycles. The Hall–Kier alpha value is -1.30. The summed E-state index contributed by atoms with van der Waals surface area (Å²) in [5.41, 5.74) is 0. The highest BCUT2D eigenvalue weighted by atomic mass is 32.2. The van der Waals surface area contributed by atoms with Crippen molar-refractivity contribution in [3.63, 3.8) is 0 Å². The summed E-state index contributed by atoms with van der Waals surface area (Å²) in [6.45, 7) is 4.08. The summed E-state index contributed by atoms with van der Waals surface area (Å²) in [5.74, 6) is 1.35. The quantitative estimate of drug-likeness (QED) is 0.853. The molecule has 6 heteroatoms. The van der Waals surface area contributed by atoms with Crippen molar-refractivity contribution in [2.24, 2.45) is 0 Å². The SMILES string of the molecule is CCc1ccc([C@@H]2CCCCCN2C(=O)[C@@H](C)S(C)(=O)=O)o1. The number of nitrogens with zero attached hydrogens (tertiary/aromatic N) is 1. The molecule has 22 heavy (non-hydrogen) atoms. The van der Waals surface area contributed by atoms with Gasteiger partial charge in [-0.25, -0.2) is 8.42 Å². The highest BCUT2D eigenvalue weighted by molar-refractivity contribution is 7.92. The van der Waals surface area contributed by atoms with Gasteiger partial charge in [-0.2, -0.15) is 0 Å². The van der Waals surface area contributed by atoms with Gasteiger partial charge in [0.1, 0.15) is 16.8 Å². The van der Waals surface area contributed by atoms with Gasteiger partial charge in [0.05, 0.1) is 6.04 Å². The Labute approximate surface area is 132 Å². The molecule has 0 aliphatic carbocycles. The fraction of sp³-hybridized carbons (Fsp3) is 0.688. The molecule has 0 unspecified atom stereocenters. The minimum absolute atomic E-state index is 0.153. The van der Waals surface area contributed by atoms with Crippen molar-refractivity contribution in [3.8, 4) is 0 Å². The second kappa shape index (κ2) is 6.86. The van der Waals surface area contributed by atoms with Crippen LogP contribution in [0.1, 0.15) is 57.1 Å². The lowest BCUT2D eigenvalue weighted by molar-refractivity contribution is -0.133. The van der Waals surface area contributed by atoms with Crippen molar-refractivity contribution in [2.75, 3.05) is 12.8 Å². The van der Waals surface area contributed by atoms with E-state index in [1.807, 2.05) is 19.1 Å². The van der Waals surface area contributed by atoms with Crippen LogP contribution < -0.4 is 0 Å². The molecule has 1 aliphatic rings. The lowest BCUT2D eigenvalue weighted by Crippen LogP contribution is -2.43. The predicted octanol–water partition coefficient (Wildman–Crippen LogP) is 2.72. The Balaban J connectivity index is 2.29. The zero-order valence-corrected chi connectivity index (χ0v) is 14.4. The first kappa shape index (κ1) is 17.1. The van der Waals surface area contributed by atoms with Crippen LogP contribution in [0.5, 0.6) is 0 Å². The van der Waals surface area contributed by atoms with Gasteiger partial charge in [0.15, 0.2) is 9.84 Å². The number of furan rings is 1. The third-order valence-corrected chi connectivity index (χ3v) is 5.87. The smallest absolute Gasteiger partial charge is 0.241 e. The van der Waals surface area contributed by atoms with Gasteiger partial charge >= 0.3 is 0 Å². The van der Waals surface area contributed by atoms with Crippen LogP contribution in [0.25, 0.3) is 0 Å². The molecular weight excluding hydrogens is 302 g/mol. The van der Waals surface area contributed by atoms with Crippen LogP contribution in [0.4, 0.5) is 0 Å². The maximum Gasteiger partial charge on any atom is 0.241 e. The minimum Gasteiger partial charge on any atom is -0.464 e. The van der Waals surface area contributed by atoms with Gasteiger partial charge in [0.25, 0.3) is 0 Å². The number of amides is 1. The van der Waals surface area contributed by atoms with Crippen molar-refractivity contribution >= 4 is 15.7 Å². The van der Waals surface area contributed by atoms with E-state index in [9.17, 15) is 13.2 Å². The Morgan fingerprint density at radius 3 is 2.68 bits per heavy atom. The lowest BCUT2D eigenvalue weighted by Gasteiger charge is -2.30. The monoisotopic (exact) mass is 327 g/mol. The third-order valence-electron chi connectivity index (χ3n) is 4.39. The molecule has 0 spiro atoms. The third kappa shape index (κ3) is 3.72. The fourth-order valence-electron chi connectivity index (χ4n) is 2.85. The molecule has 1 amide bonds. The summed E-state index contributed by atoms with van der Waals surface area (Å²) in [7, 11) is -3.39. The summed E-state index contributed by atoms with van der Waals surface area (Å²) in [6, 6.07) is 3.70. The van der Waals surface area contributed by atoms with E-state index >= 15 is 0 Å². The van der Waals surface area contributed by atoms with Gasteiger partial charge < -0.3 is 9.32 Å². The molecular formula is C16H25NO4S. The molecule has 1 aliphatic heterocycles. The van der Waals surface area contributed by atoms with Crippen LogP contribution >= 0.6 is 0 Å². The largest absolute Gasteiger partial charge is 0.464 e. The summed E-state index contributed by atoms with van der Waals surface area (Å²) < 4.78 is 29.3. The summed E-state index contributed by atoms with van der Waals surface area (Å²) in [4.78, 5) is 14.4. The van der Waals surface area contributed by atoms with E-state index in [4.69, 9.17) is 4.42 Å². The van der Waals surface area contributed by atoms with Crippen LogP contribution in [-0.4, -0.2) is 37.3 Å². The first-order chi connectivity index (χ1) is 10.3. The van der Waals surface area contributed by atoms with E-state index in [1.54, 1.807) is 4.90 Å². The molecule has 2 atom stereocenters. The van der Waals surface area contributed by atoms with Gasteiger partial charge in [0.2, 0.25) is 5.91 Å². The number of hydrogen-bond acceptors (Lipinski definition) is 4. The second-order valence-corrected chi connectivity index (χ2v) is 8.39. The number of hydrogen-bond donors (Lipinski definition) is 0. The van der Waals surface area contributed by atoms with Crippen LogP contribution in [0.2, 0.25) is 0 Å². The Bertz CT molecular complexity index is 620. The van der Waals surface area contributed by atoms with E-state index in [2.05, 4.69) is 0 Å². The van der Waals surface area contributed by atoms with E-state index in [1.165, 1.54) is 6.92 Å². The number of carbonyl (C=O) groups excluding carboxylic acids is 1. The van der Waals surface area contributed by atoms with Gasteiger partial charge in [-0.15, -0.1) is 0 Å². The fourth-order valence-corrected chi connectivity index (χ4v) is 3.35. The van der Waals surface area contributed by atoms with Crippen LogP contribution in [0, 0.1) is 0 Å². The molecule has 0 radical (unpaired) electrons. The molecule has 0 saturated carbocycles. The number of likely N-dealkylation sites (tertiary alicyclic amines) is 1. The van der Waals surface area contributed by atoms with Gasteiger partial charge in [-0.1, -0.05) is 19.8 Å². The van der Waals surface area contributed by atoms with E-state index in [0.717, 1.165) is 49.9 Å². The topological polar surface area (TPSA) is 67.6 Å². The van der Waals surface area contributed by atoms with Crippen molar-refractivity contribution in [1.29, 1.82) is 0 Å². The second-order valence-electron chi connectivity index (χ2n) is 6.03. The molecule has 124 valence electrons. The molecule has 1 fully saturated rings. The zero-order chi connectivity index (χ0) is 16.3. The maximum atomic E-state index is 12.7. The van der Waals surface area contributed by atoms with E-state index in [-0.39, 0.29) is 11.9 Å². The number of carbonyl (C=O) groups is 1. The van der Waals surface area contributed by atoms with E-state index < -0.39 is 15.1 Å².